The fraction of sp³-hybridized carbons (Fsp3) is 0.350. The summed E-state index contributed by atoms with van der Waals surface area (Å²) >= 11 is 0. The van der Waals surface area contributed by atoms with E-state index >= 15 is 0 Å². The second-order valence-electron chi connectivity index (χ2n) is 6.61. The standard InChI is InChI=1S/C20H22FN3O4/c1-3-23(4-2)20(28)16-14-9-10-24(11-12-5-7-13(21)8-6-12)19(27)15(14)17(25)18(26)22-16/h5-8,25H,3-4,9-11H2,1-2H3,(H,22,26). The molecular formula is C20H22FN3O4. The first-order valence-corrected chi connectivity index (χ1v) is 9.18. The zero-order chi connectivity index (χ0) is 20.4. The van der Waals surface area contributed by atoms with Crippen molar-refractivity contribution >= 4 is 11.8 Å². The summed E-state index contributed by atoms with van der Waals surface area (Å²) in [6.07, 6.45) is 0.314. The van der Waals surface area contributed by atoms with E-state index in [2.05, 4.69) is 4.98 Å². The van der Waals surface area contributed by atoms with Crippen molar-refractivity contribution < 1.29 is 19.1 Å². The molecule has 0 saturated carbocycles. The third-order valence-electron chi connectivity index (χ3n) is 4.98. The van der Waals surface area contributed by atoms with Crippen molar-refractivity contribution in [2.75, 3.05) is 19.6 Å². The van der Waals surface area contributed by atoms with Crippen LogP contribution in [0.2, 0.25) is 0 Å². The van der Waals surface area contributed by atoms with Gasteiger partial charge in [0.15, 0.2) is 5.75 Å². The number of hydrogen-bond acceptors (Lipinski definition) is 4. The van der Waals surface area contributed by atoms with Gasteiger partial charge in [0.1, 0.15) is 11.5 Å². The maximum absolute atomic E-state index is 13.1. The Balaban J connectivity index is 1.99. The van der Waals surface area contributed by atoms with E-state index < -0.39 is 17.2 Å². The molecule has 0 bridgehead atoms. The van der Waals surface area contributed by atoms with Gasteiger partial charge in [-0.2, -0.15) is 0 Å². The first kappa shape index (κ1) is 19.6. The van der Waals surface area contributed by atoms with E-state index in [1.807, 2.05) is 13.8 Å². The van der Waals surface area contributed by atoms with Gasteiger partial charge in [0.25, 0.3) is 17.4 Å². The van der Waals surface area contributed by atoms with E-state index in [0.717, 1.165) is 5.56 Å². The van der Waals surface area contributed by atoms with Crippen LogP contribution in [0.25, 0.3) is 0 Å². The largest absolute Gasteiger partial charge is 0.502 e. The average molecular weight is 387 g/mol. The summed E-state index contributed by atoms with van der Waals surface area (Å²) in [5.74, 6) is -1.95. The number of aromatic nitrogens is 1. The van der Waals surface area contributed by atoms with E-state index in [9.17, 15) is 23.9 Å². The fourth-order valence-corrected chi connectivity index (χ4v) is 3.43. The minimum absolute atomic E-state index is 0.0521. The molecule has 0 spiro atoms. The van der Waals surface area contributed by atoms with E-state index in [1.165, 1.54) is 21.9 Å². The van der Waals surface area contributed by atoms with Crippen molar-refractivity contribution in [2.45, 2.75) is 26.8 Å². The van der Waals surface area contributed by atoms with Crippen molar-refractivity contribution in [3.63, 3.8) is 0 Å². The number of pyridine rings is 1. The number of halogens is 1. The van der Waals surface area contributed by atoms with Crippen LogP contribution < -0.4 is 5.56 Å². The van der Waals surface area contributed by atoms with Crippen LogP contribution in [0.5, 0.6) is 5.75 Å². The Morgan fingerprint density at radius 2 is 1.86 bits per heavy atom. The van der Waals surface area contributed by atoms with Crippen molar-refractivity contribution in [2.24, 2.45) is 0 Å². The molecule has 2 amide bonds. The van der Waals surface area contributed by atoms with Gasteiger partial charge in [0.05, 0.1) is 5.56 Å². The molecule has 3 rings (SSSR count). The number of H-pyrrole nitrogens is 1. The van der Waals surface area contributed by atoms with Crippen molar-refractivity contribution in [3.8, 4) is 5.75 Å². The first-order chi connectivity index (χ1) is 13.4. The van der Waals surface area contributed by atoms with Crippen LogP contribution in [0, 0.1) is 5.82 Å². The van der Waals surface area contributed by atoms with E-state index in [0.29, 0.717) is 31.6 Å². The van der Waals surface area contributed by atoms with Crippen molar-refractivity contribution in [1.82, 2.24) is 14.8 Å². The number of aromatic amines is 1. The number of nitrogens with zero attached hydrogens (tertiary/aromatic N) is 2. The molecule has 1 aliphatic heterocycles. The number of carbonyl (C=O) groups excluding carboxylic acids is 2. The molecule has 0 saturated heterocycles. The number of aromatic hydroxyl groups is 1. The number of fused-ring (bicyclic) bond motifs is 1. The fourth-order valence-electron chi connectivity index (χ4n) is 3.43. The number of hydrogen-bond donors (Lipinski definition) is 2. The Morgan fingerprint density at radius 1 is 1.21 bits per heavy atom. The number of nitrogens with one attached hydrogen (secondary N) is 1. The highest BCUT2D eigenvalue weighted by Gasteiger charge is 2.33. The highest BCUT2D eigenvalue weighted by molar-refractivity contribution is 6.03. The maximum Gasteiger partial charge on any atom is 0.291 e. The van der Waals surface area contributed by atoms with Gasteiger partial charge in [-0.3, -0.25) is 14.4 Å². The molecule has 28 heavy (non-hydrogen) atoms. The smallest absolute Gasteiger partial charge is 0.291 e. The molecule has 1 aliphatic rings. The summed E-state index contributed by atoms with van der Waals surface area (Å²) in [7, 11) is 0. The molecule has 2 N–H and O–H groups in total. The van der Waals surface area contributed by atoms with Gasteiger partial charge < -0.3 is 19.9 Å². The maximum atomic E-state index is 13.1. The van der Waals surface area contributed by atoms with Crippen LogP contribution in [-0.4, -0.2) is 51.3 Å². The predicted molar refractivity (Wildman–Crippen MR) is 101 cm³/mol. The summed E-state index contributed by atoms with van der Waals surface area (Å²) < 4.78 is 13.1. The third kappa shape index (κ3) is 3.49. The molecule has 0 fully saturated rings. The zero-order valence-electron chi connectivity index (χ0n) is 15.8. The van der Waals surface area contributed by atoms with Gasteiger partial charge >= 0.3 is 0 Å². The number of rotatable bonds is 5. The molecule has 0 aliphatic carbocycles. The number of benzene rings is 1. The SMILES string of the molecule is CCN(CC)C(=O)c1[nH]c(=O)c(O)c2c1CCN(Cc1ccc(F)cc1)C2=O. The third-order valence-corrected chi connectivity index (χ3v) is 4.98. The molecule has 148 valence electrons. The molecule has 0 radical (unpaired) electrons. The molecule has 0 unspecified atom stereocenters. The topological polar surface area (TPSA) is 93.7 Å². The summed E-state index contributed by atoms with van der Waals surface area (Å²) in [4.78, 5) is 43.3. The van der Waals surface area contributed by atoms with Crippen LogP contribution in [-0.2, 0) is 13.0 Å². The predicted octanol–water partition coefficient (Wildman–Crippen LogP) is 1.90. The summed E-state index contributed by atoms with van der Waals surface area (Å²) in [5, 5.41) is 10.2. The molecule has 8 heteroatoms. The van der Waals surface area contributed by atoms with E-state index in [-0.39, 0.29) is 29.5 Å². The lowest BCUT2D eigenvalue weighted by molar-refractivity contribution is 0.0719. The van der Waals surface area contributed by atoms with Gasteiger partial charge in [-0.15, -0.1) is 0 Å². The second-order valence-corrected chi connectivity index (χ2v) is 6.61. The van der Waals surface area contributed by atoms with Crippen LogP contribution in [0.3, 0.4) is 0 Å². The van der Waals surface area contributed by atoms with Crippen LogP contribution >= 0.6 is 0 Å². The second kappa shape index (κ2) is 7.84. The molecule has 1 aromatic carbocycles. The minimum atomic E-state index is -0.869. The first-order valence-electron chi connectivity index (χ1n) is 9.18. The van der Waals surface area contributed by atoms with Gasteiger partial charge in [0, 0.05) is 26.2 Å². The Bertz CT molecular complexity index is 965. The normalized spacial score (nSPS) is 13.4. The Labute approximate surface area is 161 Å². The van der Waals surface area contributed by atoms with Crippen LogP contribution in [0.1, 0.15) is 45.8 Å². The van der Waals surface area contributed by atoms with Crippen LogP contribution in [0.15, 0.2) is 29.1 Å². The summed E-state index contributed by atoms with van der Waals surface area (Å²) in [6, 6.07) is 5.76. The van der Waals surface area contributed by atoms with Gasteiger partial charge in [0.2, 0.25) is 0 Å². The number of amides is 2. The summed E-state index contributed by atoms with van der Waals surface area (Å²) in [5.41, 5.74) is 0.131. The zero-order valence-corrected chi connectivity index (χ0v) is 15.8. The van der Waals surface area contributed by atoms with Gasteiger partial charge in [-0.05, 0) is 43.5 Å². The molecule has 0 atom stereocenters. The van der Waals surface area contributed by atoms with Gasteiger partial charge in [-0.1, -0.05) is 12.1 Å². The van der Waals surface area contributed by atoms with Crippen molar-refractivity contribution in [1.29, 1.82) is 0 Å². The lowest BCUT2D eigenvalue weighted by Crippen LogP contribution is -2.41. The molecule has 2 heterocycles. The average Bonchev–Trinajstić information content (AvgIpc) is 2.69. The highest BCUT2D eigenvalue weighted by Crippen LogP contribution is 2.28. The molecule has 2 aromatic rings. The number of carbonyl (C=O) groups is 2. The minimum Gasteiger partial charge on any atom is -0.502 e. The highest BCUT2D eigenvalue weighted by atomic mass is 19.1. The molecular weight excluding hydrogens is 365 g/mol. The lowest BCUT2D eigenvalue weighted by Gasteiger charge is -2.30. The van der Waals surface area contributed by atoms with Crippen molar-refractivity contribution in [3.05, 3.63) is 62.8 Å². The quantitative estimate of drug-likeness (QED) is 0.819. The molecule has 7 nitrogen and oxygen atoms in total. The Morgan fingerprint density at radius 3 is 2.46 bits per heavy atom. The lowest BCUT2D eigenvalue weighted by atomic mass is 9.95. The van der Waals surface area contributed by atoms with Gasteiger partial charge in [-0.25, -0.2) is 4.39 Å². The Kier molecular flexibility index (Phi) is 5.48. The monoisotopic (exact) mass is 387 g/mol. The van der Waals surface area contributed by atoms with Crippen LogP contribution in [0.4, 0.5) is 4.39 Å². The van der Waals surface area contributed by atoms with E-state index in [1.54, 1.807) is 12.1 Å². The van der Waals surface area contributed by atoms with E-state index in [4.69, 9.17) is 0 Å². The molecule has 1 aromatic heterocycles. The summed E-state index contributed by atoms with van der Waals surface area (Å²) in [6.45, 7) is 5.08. The Hall–Kier alpha value is -3.16.